The highest BCUT2D eigenvalue weighted by Gasteiger charge is 2.12. The SMILES string of the molecule is CCNC(=O)O/N=C(\C)c1sc(-c2ccccc2)nc1C. The molecule has 0 saturated carbocycles. The number of thiazole rings is 1. The number of nitrogens with zero attached hydrogens (tertiary/aromatic N) is 2. The number of hydrogen-bond acceptors (Lipinski definition) is 5. The summed E-state index contributed by atoms with van der Waals surface area (Å²) in [5.41, 5.74) is 2.58. The lowest BCUT2D eigenvalue weighted by Crippen LogP contribution is -2.22. The van der Waals surface area contributed by atoms with Crippen molar-refractivity contribution in [2.45, 2.75) is 20.8 Å². The molecule has 0 aliphatic carbocycles. The summed E-state index contributed by atoms with van der Waals surface area (Å²) >= 11 is 1.53. The smallest absolute Gasteiger partial charge is 0.320 e. The Bertz CT molecular complexity index is 650. The summed E-state index contributed by atoms with van der Waals surface area (Å²) in [5.74, 6) is 0. The molecule has 0 spiro atoms. The Kier molecular flexibility index (Phi) is 5.05. The van der Waals surface area contributed by atoms with E-state index < -0.39 is 6.09 Å². The molecule has 1 aromatic carbocycles. The lowest BCUT2D eigenvalue weighted by atomic mass is 10.2. The van der Waals surface area contributed by atoms with Gasteiger partial charge in [0.05, 0.1) is 16.3 Å². The van der Waals surface area contributed by atoms with Crippen molar-refractivity contribution in [1.82, 2.24) is 10.3 Å². The highest BCUT2D eigenvalue weighted by atomic mass is 32.1. The second-order valence-corrected chi connectivity index (χ2v) is 5.38. The zero-order valence-corrected chi connectivity index (χ0v) is 13.0. The van der Waals surface area contributed by atoms with Crippen molar-refractivity contribution in [2.24, 2.45) is 5.16 Å². The van der Waals surface area contributed by atoms with Gasteiger partial charge in [0.15, 0.2) is 0 Å². The van der Waals surface area contributed by atoms with Crippen molar-refractivity contribution >= 4 is 23.1 Å². The summed E-state index contributed by atoms with van der Waals surface area (Å²) in [6.45, 7) is 6.04. The van der Waals surface area contributed by atoms with E-state index in [1.54, 1.807) is 6.92 Å². The summed E-state index contributed by atoms with van der Waals surface area (Å²) in [6, 6.07) is 9.95. The van der Waals surface area contributed by atoms with Crippen LogP contribution in [0.4, 0.5) is 4.79 Å². The predicted molar refractivity (Wildman–Crippen MR) is 84.7 cm³/mol. The monoisotopic (exact) mass is 303 g/mol. The number of carbonyl (C=O) groups excluding carboxylic acids is 1. The minimum Gasteiger partial charge on any atom is -0.320 e. The van der Waals surface area contributed by atoms with Crippen LogP contribution in [0.5, 0.6) is 0 Å². The fourth-order valence-electron chi connectivity index (χ4n) is 1.76. The molecule has 110 valence electrons. The highest BCUT2D eigenvalue weighted by molar-refractivity contribution is 7.17. The first-order valence-electron chi connectivity index (χ1n) is 6.64. The van der Waals surface area contributed by atoms with Gasteiger partial charge in [-0.05, 0) is 20.8 Å². The fourth-order valence-corrected chi connectivity index (χ4v) is 2.77. The molecular formula is C15H17N3O2S. The summed E-state index contributed by atoms with van der Waals surface area (Å²) in [6.07, 6.45) is -0.553. The summed E-state index contributed by atoms with van der Waals surface area (Å²) in [5, 5.41) is 7.30. The Hall–Kier alpha value is -2.21. The summed E-state index contributed by atoms with van der Waals surface area (Å²) < 4.78 is 0. The molecule has 2 aromatic rings. The molecule has 21 heavy (non-hydrogen) atoms. The zero-order valence-electron chi connectivity index (χ0n) is 12.2. The first-order chi connectivity index (χ1) is 10.1. The molecule has 2 rings (SSSR count). The van der Waals surface area contributed by atoms with Crippen LogP contribution in [0.2, 0.25) is 0 Å². The molecule has 0 fully saturated rings. The van der Waals surface area contributed by atoms with E-state index in [-0.39, 0.29) is 0 Å². The highest BCUT2D eigenvalue weighted by Crippen LogP contribution is 2.28. The van der Waals surface area contributed by atoms with Crippen LogP contribution in [-0.2, 0) is 4.84 Å². The van der Waals surface area contributed by atoms with Gasteiger partial charge >= 0.3 is 6.09 Å². The predicted octanol–water partition coefficient (Wildman–Crippen LogP) is 3.59. The molecule has 0 bridgehead atoms. The standard InChI is InChI=1S/C15H17N3O2S/c1-4-16-15(19)20-18-11(3)13-10(2)17-14(21-13)12-8-6-5-7-9-12/h5-9H,4H2,1-3H3,(H,16,19)/b18-11+. The van der Waals surface area contributed by atoms with Crippen molar-refractivity contribution in [1.29, 1.82) is 0 Å². The second kappa shape index (κ2) is 6.99. The maximum Gasteiger partial charge on any atom is 0.433 e. The van der Waals surface area contributed by atoms with Gasteiger partial charge in [-0.1, -0.05) is 35.5 Å². The van der Waals surface area contributed by atoms with Crippen molar-refractivity contribution in [3.8, 4) is 10.6 Å². The molecule has 5 nitrogen and oxygen atoms in total. The quantitative estimate of drug-likeness (QED) is 0.533. The van der Waals surface area contributed by atoms with Crippen LogP contribution in [0.15, 0.2) is 35.5 Å². The fraction of sp³-hybridized carbons (Fsp3) is 0.267. The number of rotatable bonds is 4. The van der Waals surface area contributed by atoms with Crippen LogP contribution in [-0.4, -0.2) is 23.3 Å². The number of amides is 1. The molecule has 0 saturated heterocycles. The third-order valence-electron chi connectivity index (χ3n) is 2.73. The molecule has 0 aliphatic heterocycles. The summed E-state index contributed by atoms with van der Waals surface area (Å²) in [7, 11) is 0. The number of oxime groups is 1. The van der Waals surface area contributed by atoms with Gasteiger partial charge in [0, 0.05) is 12.1 Å². The van der Waals surface area contributed by atoms with Gasteiger partial charge in [0.2, 0.25) is 0 Å². The third-order valence-corrected chi connectivity index (χ3v) is 4.05. The van der Waals surface area contributed by atoms with E-state index in [9.17, 15) is 4.79 Å². The van der Waals surface area contributed by atoms with E-state index in [0.717, 1.165) is 21.1 Å². The van der Waals surface area contributed by atoms with Gasteiger partial charge in [-0.3, -0.25) is 4.84 Å². The number of nitrogens with one attached hydrogen (secondary N) is 1. The average Bonchev–Trinajstić information content (AvgIpc) is 2.88. The molecule has 1 heterocycles. The molecule has 0 atom stereocenters. The van der Waals surface area contributed by atoms with Gasteiger partial charge in [-0.25, -0.2) is 9.78 Å². The minimum absolute atomic E-state index is 0.505. The van der Waals surface area contributed by atoms with Crippen LogP contribution >= 0.6 is 11.3 Å². The molecular weight excluding hydrogens is 286 g/mol. The Morgan fingerprint density at radius 3 is 2.76 bits per heavy atom. The van der Waals surface area contributed by atoms with Crippen molar-refractivity contribution < 1.29 is 9.63 Å². The van der Waals surface area contributed by atoms with Gasteiger partial charge in [0.25, 0.3) is 0 Å². The van der Waals surface area contributed by atoms with Crippen molar-refractivity contribution in [2.75, 3.05) is 6.54 Å². The van der Waals surface area contributed by atoms with E-state index in [0.29, 0.717) is 12.3 Å². The topological polar surface area (TPSA) is 63.6 Å². The largest absolute Gasteiger partial charge is 0.433 e. The van der Waals surface area contributed by atoms with E-state index in [2.05, 4.69) is 15.5 Å². The van der Waals surface area contributed by atoms with Gasteiger partial charge < -0.3 is 5.32 Å². The van der Waals surface area contributed by atoms with Crippen LogP contribution in [0, 0.1) is 6.92 Å². The Morgan fingerprint density at radius 2 is 2.10 bits per heavy atom. The van der Waals surface area contributed by atoms with Crippen LogP contribution in [0.3, 0.4) is 0 Å². The molecule has 0 aliphatic rings. The van der Waals surface area contributed by atoms with Crippen LogP contribution in [0.25, 0.3) is 10.6 Å². The Labute approximate surface area is 127 Å². The molecule has 1 aromatic heterocycles. The first-order valence-corrected chi connectivity index (χ1v) is 7.46. The molecule has 1 amide bonds. The maximum atomic E-state index is 11.2. The molecule has 0 radical (unpaired) electrons. The number of aromatic nitrogens is 1. The summed E-state index contributed by atoms with van der Waals surface area (Å²) in [4.78, 5) is 21.5. The van der Waals surface area contributed by atoms with Crippen molar-refractivity contribution in [3.63, 3.8) is 0 Å². The number of benzene rings is 1. The van der Waals surface area contributed by atoms with E-state index in [4.69, 9.17) is 4.84 Å². The Morgan fingerprint density at radius 1 is 1.38 bits per heavy atom. The Balaban J connectivity index is 2.19. The lowest BCUT2D eigenvalue weighted by molar-refractivity contribution is 0.151. The van der Waals surface area contributed by atoms with Gasteiger partial charge in [-0.2, -0.15) is 0 Å². The minimum atomic E-state index is -0.553. The van der Waals surface area contributed by atoms with Crippen LogP contribution < -0.4 is 5.32 Å². The average molecular weight is 303 g/mol. The lowest BCUT2D eigenvalue weighted by Gasteiger charge is -1.99. The van der Waals surface area contributed by atoms with E-state index >= 15 is 0 Å². The molecule has 1 N–H and O–H groups in total. The van der Waals surface area contributed by atoms with E-state index in [1.165, 1.54) is 11.3 Å². The van der Waals surface area contributed by atoms with Gasteiger partial charge in [-0.15, -0.1) is 11.3 Å². The van der Waals surface area contributed by atoms with Crippen molar-refractivity contribution in [3.05, 3.63) is 40.9 Å². The molecule has 0 unspecified atom stereocenters. The van der Waals surface area contributed by atoms with Crippen LogP contribution in [0.1, 0.15) is 24.4 Å². The number of carbonyl (C=O) groups is 1. The maximum absolute atomic E-state index is 11.2. The molecule has 6 heteroatoms. The number of hydrogen-bond donors (Lipinski definition) is 1. The number of aryl methyl sites for hydroxylation is 1. The normalized spacial score (nSPS) is 11.3. The second-order valence-electron chi connectivity index (χ2n) is 4.39. The first kappa shape index (κ1) is 15.2. The van der Waals surface area contributed by atoms with E-state index in [1.807, 2.05) is 44.2 Å². The third kappa shape index (κ3) is 3.88. The zero-order chi connectivity index (χ0) is 15.2. The van der Waals surface area contributed by atoms with Gasteiger partial charge in [0.1, 0.15) is 5.01 Å².